The molecule has 0 spiro atoms. The minimum absolute atomic E-state index is 0.295. The third-order valence-corrected chi connectivity index (χ3v) is 4.06. The molecule has 0 saturated heterocycles. The van der Waals surface area contributed by atoms with Crippen LogP contribution in [0.3, 0.4) is 0 Å². The van der Waals surface area contributed by atoms with Crippen LogP contribution in [0.25, 0.3) is 11.1 Å². The second-order valence-corrected chi connectivity index (χ2v) is 5.68. The molecule has 1 nitrogen and oxygen atoms in total. The van der Waals surface area contributed by atoms with Gasteiger partial charge in [-0.1, -0.05) is 43.7 Å². The van der Waals surface area contributed by atoms with E-state index in [-0.39, 0.29) is 0 Å². The minimum Gasteiger partial charge on any atom is -0.337 e. The molecule has 116 valence electrons. The van der Waals surface area contributed by atoms with E-state index in [0.717, 1.165) is 29.7 Å². The Morgan fingerprint density at radius 1 is 1.05 bits per heavy atom. The first-order valence-electron chi connectivity index (χ1n) is 7.53. The number of aryl methyl sites for hydroxylation is 1. The fraction of sp³-hybridized carbons (Fsp3) is 0.333. The van der Waals surface area contributed by atoms with Crippen molar-refractivity contribution in [1.29, 1.82) is 0 Å². The molecule has 0 amide bonds. The summed E-state index contributed by atoms with van der Waals surface area (Å²) >= 11 is 0. The highest BCUT2D eigenvalue weighted by Gasteiger charge is 2.46. The van der Waals surface area contributed by atoms with Crippen LogP contribution in [-0.2, 0) is 6.18 Å². The summed E-state index contributed by atoms with van der Waals surface area (Å²) in [7, 11) is 0. The van der Waals surface area contributed by atoms with E-state index in [2.05, 4.69) is 0 Å². The molecule has 0 atom stereocenters. The quantitative estimate of drug-likeness (QED) is 0.632. The Balaban J connectivity index is 2.11. The summed E-state index contributed by atoms with van der Waals surface area (Å²) < 4.78 is 40.0. The maximum absolute atomic E-state index is 13.3. The van der Waals surface area contributed by atoms with Crippen LogP contribution in [0.1, 0.15) is 30.9 Å². The first-order valence-corrected chi connectivity index (χ1v) is 7.53. The van der Waals surface area contributed by atoms with Crippen LogP contribution in [-0.4, -0.2) is 6.54 Å². The van der Waals surface area contributed by atoms with Crippen molar-refractivity contribution in [2.24, 2.45) is 0 Å². The molecule has 1 aliphatic heterocycles. The van der Waals surface area contributed by atoms with Crippen molar-refractivity contribution in [1.82, 2.24) is 0 Å². The number of alkyl halides is 3. The first kappa shape index (κ1) is 14.9. The van der Waals surface area contributed by atoms with Crippen LogP contribution < -0.4 is 4.90 Å². The van der Waals surface area contributed by atoms with Crippen molar-refractivity contribution < 1.29 is 13.2 Å². The lowest BCUT2D eigenvalue weighted by Crippen LogP contribution is -2.09. The molecule has 0 bridgehead atoms. The average molecular weight is 305 g/mol. The highest BCUT2D eigenvalue weighted by Crippen LogP contribution is 2.60. The summed E-state index contributed by atoms with van der Waals surface area (Å²) in [6.07, 6.45) is -2.45. The van der Waals surface area contributed by atoms with Crippen LogP contribution >= 0.6 is 0 Å². The maximum atomic E-state index is 13.3. The molecule has 1 aliphatic rings. The van der Waals surface area contributed by atoms with Crippen molar-refractivity contribution in [2.45, 2.75) is 32.9 Å². The molecule has 0 unspecified atom stereocenters. The highest BCUT2D eigenvalue weighted by atomic mass is 19.4. The molecule has 0 aliphatic carbocycles. The molecule has 1 heterocycles. The lowest BCUT2D eigenvalue weighted by atomic mass is 10.00. The third kappa shape index (κ3) is 2.47. The van der Waals surface area contributed by atoms with Gasteiger partial charge in [-0.25, -0.2) is 0 Å². The molecule has 3 rings (SSSR count). The number of unbranched alkanes of at least 4 members (excludes halogenated alkanes) is 1. The monoisotopic (exact) mass is 305 g/mol. The number of hydrogen-bond acceptors (Lipinski definition) is 1. The van der Waals surface area contributed by atoms with Gasteiger partial charge < -0.3 is 4.90 Å². The SMILES string of the molecule is CCCCN1c2c(-c3ccccc3)cc(C)c(C(F)(F)F)c21. The molecule has 0 saturated carbocycles. The number of rotatable bonds is 4. The van der Waals surface area contributed by atoms with Crippen molar-refractivity contribution in [3.05, 3.63) is 47.5 Å². The van der Waals surface area contributed by atoms with E-state index in [9.17, 15) is 13.2 Å². The van der Waals surface area contributed by atoms with E-state index in [1.54, 1.807) is 13.0 Å². The Labute approximate surface area is 128 Å². The average Bonchev–Trinajstić information content (AvgIpc) is 3.17. The van der Waals surface area contributed by atoms with Crippen LogP contribution in [0.2, 0.25) is 0 Å². The number of anilines is 2. The number of benzene rings is 2. The summed E-state index contributed by atoms with van der Waals surface area (Å²) in [4.78, 5) is 1.82. The van der Waals surface area contributed by atoms with Gasteiger partial charge in [-0.05, 0) is 30.5 Å². The van der Waals surface area contributed by atoms with Gasteiger partial charge in [0.05, 0.1) is 16.9 Å². The van der Waals surface area contributed by atoms with Crippen LogP contribution in [0.15, 0.2) is 36.4 Å². The second-order valence-electron chi connectivity index (χ2n) is 5.68. The summed E-state index contributed by atoms with van der Waals surface area (Å²) in [5.41, 5.74) is 2.81. The van der Waals surface area contributed by atoms with Gasteiger partial charge in [0.25, 0.3) is 0 Å². The summed E-state index contributed by atoms with van der Waals surface area (Å²) in [5.74, 6) is 0. The Bertz CT molecular complexity index is 690. The zero-order valence-corrected chi connectivity index (χ0v) is 12.7. The zero-order valence-electron chi connectivity index (χ0n) is 12.7. The molecule has 0 radical (unpaired) electrons. The van der Waals surface area contributed by atoms with Crippen LogP contribution in [0.4, 0.5) is 24.5 Å². The van der Waals surface area contributed by atoms with Crippen molar-refractivity contribution in [3.63, 3.8) is 0 Å². The molecular weight excluding hydrogens is 287 g/mol. The predicted octanol–water partition coefficient (Wildman–Crippen LogP) is 5.93. The van der Waals surface area contributed by atoms with Gasteiger partial charge >= 0.3 is 6.18 Å². The summed E-state index contributed by atoms with van der Waals surface area (Å²) in [5, 5.41) is 0. The Morgan fingerprint density at radius 3 is 2.32 bits per heavy atom. The van der Waals surface area contributed by atoms with Crippen LogP contribution in [0.5, 0.6) is 0 Å². The van der Waals surface area contributed by atoms with Gasteiger partial charge in [-0.3, -0.25) is 0 Å². The summed E-state index contributed by atoms with van der Waals surface area (Å²) in [6, 6.07) is 11.3. The summed E-state index contributed by atoms with van der Waals surface area (Å²) in [6.45, 7) is 4.24. The molecule has 22 heavy (non-hydrogen) atoms. The van der Waals surface area contributed by atoms with E-state index in [0.29, 0.717) is 17.8 Å². The third-order valence-electron chi connectivity index (χ3n) is 4.06. The number of nitrogens with zero attached hydrogens (tertiary/aromatic N) is 1. The number of fused-ring (bicyclic) bond motifs is 1. The van der Waals surface area contributed by atoms with E-state index in [1.165, 1.54) is 0 Å². The predicted molar refractivity (Wildman–Crippen MR) is 83.5 cm³/mol. The topological polar surface area (TPSA) is 3.01 Å². The lowest BCUT2D eigenvalue weighted by molar-refractivity contribution is -0.137. The smallest absolute Gasteiger partial charge is 0.337 e. The normalized spacial score (nSPS) is 13.2. The van der Waals surface area contributed by atoms with E-state index < -0.39 is 11.7 Å². The van der Waals surface area contributed by atoms with E-state index >= 15 is 0 Å². The molecule has 2 aromatic carbocycles. The maximum Gasteiger partial charge on any atom is 0.418 e. The largest absolute Gasteiger partial charge is 0.418 e. The molecule has 0 aromatic heterocycles. The van der Waals surface area contributed by atoms with Crippen molar-refractivity contribution in [3.8, 4) is 11.1 Å². The highest BCUT2D eigenvalue weighted by molar-refractivity contribution is 6.06. The molecule has 4 heteroatoms. The molecule has 0 N–H and O–H groups in total. The Morgan fingerprint density at radius 2 is 1.73 bits per heavy atom. The second kappa shape index (κ2) is 5.34. The number of hydrogen-bond donors (Lipinski definition) is 0. The van der Waals surface area contributed by atoms with Crippen molar-refractivity contribution >= 4 is 11.4 Å². The van der Waals surface area contributed by atoms with Gasteiger partial charge in [0.2, 0.25) is 0 Å². The van der Waals surface area contributed by atoms with Gasteiger partial charge in [0.1, 0.15) is 0 Å². The van der Waals surface area contributed by atoms with Gasteiger partial charge in [-0.2, -0.15) is 13.2 Å². The van der Waals surface area contributed by atoms with E-state index in [1.807, 2.05) is 42.2 Å². The first-order chi connectivity index (χ1) is 10.4. The van der Waals surface area contributed by atoms with Crippen LogP contribution in [0, 0.1) is 6.92 Å². The molecule has 2 aromatic rings. The van der Waals surface area contributed by atoms with Gasteiger partial charge in [-0.15, -0.1) is 0 Å². The van der Waals surface area contributed by atoms with Gasteiger partial charge in [0.15, 0.2) is 0 Å². The molecular formula is C18H18F3N. The Kier molecular flexibility index (Phi) is 3.63. The fourth-order valence-electron chi connectivity index (χ4n) is 3.00. The Hall–Kier alpha value is -1.97. The number of halogens is 3. The lowest BCUT2D eigenvalue weighted by Gasteiger charge is -2.10. The minimum atomic E-state index is -4.30. The molecule has 0 fully saturated rings. The van der Waals surface area contributed by atoms with Crippen molar-refractivity contribution in [2.75, 3.05) is 11.4 Å². The van der Waals surface area contributed by atoms with E-state index in [4.69, 9.17) is 0 Å². The standard InChI is InChI=1S/C18H18F3N/c1-3-4-10-22-16-14(13-8-6-5-7-9-13)11-12(2)15(17(16)22)18(19,20)21/h5-9,11H,3-4,10H2,1-2H3. The zero-order chi connectivity index (χ0) is 15.9. The fourth-order valence-corrected chi connectivity index (χ4v) is 3.00. The van der Waals surface area contributed by atoms with Gasteiger partial charge in [0, 0.05) is 12.1 Å².